The number of nitrogens with two attached hydrogens (primary N) is 1. The zero-order valence-corrected chi connectivity index (χ0v) is 9.60. The quantitative estimate of drug-likeness (QED) is 0.826. The minimum atomic E-state index is -0.751. The summed E-state index contributed by atoms with van der Waals surface area (Å²) >= 11 is 11.9. The fourth-order valence-electron chi connectivity index (χ4n) is 1.19. The van der Waals surface area contributed by atoms with Gasteiger partial charge in [0.15, 0.2) is 0 Å². The molecule has 0 bridgehead atoms. The van der Waals surface area contributed by atoms with E-state index >= 15 is 0 Å². The summed E-state index contributed by atoms with van der Waals surface area (Å²) in [4.78, 5) is 0. The van der Waals surface area contributed by atoms with Crippen LogP contribution in [0.3, 0.4) is 0 Å². The normalized spacial score (nSPS) is 15.3. The van der Waals surface area contributed by atoms with Gasteiger partial charge in [0, 0.05) is 16.6 Å². The van der Waals surface area contributed by atoms with Crippen molar-refractivity contribution in [3.05, 3.63) is 33.3 Å². The average molecular weight is 234 g/mol. The highest BCUT2D eigenvalue weighted by atomic mass is 35.5. The predicted molar refractivity (Wildman–Crippen MR) is 59.8 cm³/mol. The molecule has 2 nitrogen and oxygen atoms in total. The number of rotatable bonds is 2. The molecule has 1 aromatic rings. The van der Waals surface area contributed by atoms with Gasteiger partial charge in [0.25, 0.3) is 0 Å². The highest BCUT2D eigenvalue weighted by molar-refractivity contribution is 6.36. The van der Waals surface area contributed by atoms with Gasteiger partial charge in [0.1, 0.15) is 0 Å². The highest BCUT2D eigenvalue weighted by Crippen LogP contribution is 2.31. The summed E-state index contributed by atoms with van der Waals surface area (Å²) in [6.45, 7) is 3.53. The van der Waals surface area contributed by atoms with Crippen molar-refractivity contribution in [1.29, 1.82) is 0 Å². The Morgan fingerprint density at radius 1 is 1.36 bits per heavy atom. The Morgan fingerprint density at radius 3 is 2.43 bits per heavy atom. The lowest BCUT2D eigenvalue weighted by Crippen LogP contribution is -2.24. The predicted octanol–water partition coefficient (Wildman–Crippen LogP) is 2.68. The molecule has 2 atom stereocenters. The minimum Gasteiger partial charge on any atom is -0.387 e. The van der Waals surface area contributed by atoms with Gasteiger partial charge in [-0.2, -0.15) is 0 Å². The second-order valence-electron chi connectivity index (χ2n) is 3.38. The maximum Gasteiger partial charge on any atom is 0.0952 e. The van der Waals surface area contributed by atoms with Crippen molar-refractivity contribution >= 4 is 23.2 Å². The van der Waals surface area contributed by atoms with Crippen molar-refractivity contribution in [3.63, 3.8) is 0 Å². The van der Waals surface area contributed by atoms with Crippen molar-refractivity contribution in [3.8, 4) is 0 Å². The Labute approximate surface area is 93.6 Å². The number of aliphatic hydroxyl groups excluding tert-OH is 1. The Kier molecular flexibility index (Phi) is 3.78. The van der Waals surface area contributed by atoms with Crippen LogP contribution in [-0.4, -0.2) is 11.1 Å². The molecule has 0 saturated heterocycles. The second kappa shape index (κ2) is 4.49. The van der Waals surface area contributed by atoms with E-state index < -0.39 is 6.10 Å². The molecule has 1 aromatic carbocycles. The first-order chi connectivity index (χ1) is 6.45. The van der Waals surface area contributed by atoms with Gasteiger partial charge in [-0.15, -0.1) is 0 Å². The van der Waals surface area contributed by atoms with Gasteiger partial charge in [-0.25, -0.2) is 0 Å². The van der Waals surface area contributed by atoms with Gasteiger partial charge in [-0.3, -0.25) is 0 Å². The topological polar surface area (TPSA) is 46.2 Å². The van der Waals surface area contributed by atoms with E-state index in [9.17, 15) is 5.11 Å². The number of benzene rings is 1. The summed E-state index contributed by atoms with van der Waals surface area (Å²) in [7, 11) is 0. The van der Waals surface area contributed by atoms with Crippen LogP contribution in [0, 0.1) is 6.92 Å². The fourth-order valence-corrected chi connectivity index (χ4v) is 1.68. The summed E-state index contributed by atoms with van der Waals surface area (Å²) < 4.78 is 0. The summed E-state index contributed by atoms with van der Waals surface area (Å²) in [6, 6.07) is 3.06. The van der Waals surface area contributed by atoms with Crippen LogP contribution in [0.15, 0.2) is 12.1 Å². The van der Waals surface area contributed by atoms with E-state index in [0.717, 1.165) is 5.56 Å². The zero-order valence-electron chi connectivity index (χ0n) is 8.09. The van der Waals surface area contributed by atoms with E-state index in [-0.39, 0.29) is 6.04 Å². The van der Waals surface area contributed by atoms with E-state index in [0.29, 0.717) is 15.6 Å². The molecule has 0 fully saturated rings. The molecular formula is C10H13Cl2NO. The Hall–Kier alpha value is -0.280. The van der Waals surface area contributed by atoms with Crippen LogP contribution in [0.4, 0.5) is 0 Å². The van der Waals surface area contributed by atoms with Gasteiger partial charge in [0.2, 0.25) is 0 Å². The third kappa shape index (κ3) is 2.20. The molecule has 3 N–H and O–H groups in total. The van der Waals surface area contributed by atoms with Crippen molar-refractivity contribution in [2.45, 2.75) is 26.0 Å². The Morgan fingerprint density at radius 2 is 1.93 bits per heavy atom. The first kappa shape index (κ1) is 11.8. The first-order valence-corrected chi connectivity index (χ1v) is 5.09. The zero-order chi connectivity index (χ0) is 10.9. The van der Waals surface area contributed by atoms with Gasteiger partial charge < -0.3 is 10.8 Å². The van der Waals surface area contributed by atoms with E-state index in [4.69, 9.17) is 28.9 Å². The van der Waals surface area contributed by atoms with Gasteiger partial charge in [-0.05, 0) is 25.5 Å². The molecule has 0 aromatic heterocycles. The fraction of sp³-hybridized carbons (Fsp3) is 0.400. The van der Waals surface area contributed by atoms with E-state index in [1.54, 1.807) is 19.1 Å². The smallest absolute Gasteiger partial charge is 0.0952 e. The number of aliphatic hydroxyl groups is 1. The second-order valence-corrected chi connectivity index (χ2v) is 4.16. The lowest BCUT2D eigenvalue weighted by Gasteiger charge is -2.17. The third-order valence-corrected chi connectivity index (χ3v) is 3.08. The molecule has 0 aliphatic heterocycles. The van der Waals surface area contributed by atoms with Crippen LogP contribution < -0.4 is 5.73 Å². The molecule has 1 rings (SSSR count). The summed E-state index contributed by atoms with van der Waals surface area (Å²) in [6.07, 6.45) is -0.751. The Bertz CT molecular complexity index is 339. The maximum atomic E-state index is 9.74. The molecule has 0 heterocycles. The van der Waals surface area contributed by atoms with Crippen molar-refractivity contribution < 1.29 is 5.11 Å². The lowest BCUT2D eigenvalue weighted by molar-refractivity contribution is 0.153. The molecule has 0 spiro atoms. The first-order valence-electron chi connectivity index (χ1n) is 4.33. The molecule has 0 aliphatic carbocycles. The molecule has 0 saturated carbocycles. The SMILES string of the molecule is Cc1c(Cl)ccc([C@H](O)[C@@H](C)N)c1Cl. The number of halogens is 2. The molecule has 0 aliphatic rings. The van der Waals surface area contributed by atoms with Crippen molar-refractivity contribution in [2.75, 3.05) is 0 Å². The van der Waals surface area contributed by atoms with Gasteiger partial charge >= 0.3 is 0 Å². The van der Waals surface area contributed by atoms with Crippen LogP contribution in [0.2, 0.25) is 10.0 Å². The Balaban J connectivity index is 3.17. The van der Waals surface area contributed by atoms with Gasteiger partial charge in [-0.1, -0.05) is 29.3 Å². The van der Waals surface area contributed by atoms with Gasteiger partial charge in [0.05, 0.1) is 11.1 Å². The minimum absolute atomic E-state index is 0.354. The maximum absolute atomic E-state index is 9.74. The molecular weight excluding hydrogens is 221 g/mol. The molecule has 14 heavy (non-hydrogen) atoms. The molecule has 0 unspecified atom stereocenters. The van der Waals surface area contributed by atoms with E-state index in [1.807, 2.05) is 6.92 Å². The van der Waals surface area contributed by atoms with Crippen molar-refractivity contribution in [1.82, 2.24) is 0 Å². The average Bonchev–Trinajstić information content (AvgIpc) is 2.13. The molecule has 78 valence electrons. The number of hydrogen-bond donors (Lipinski definition) is 2. The van der Waals surface area contributed by atoms with Crippen LogP contribution in [0.25, 0.3) is 0 Å². The third-order valence-electron chi connectivity index (χ3n) is 2.17. The standard InChI is InChI=1S/C10H13Cl2NO/c1-5-8(11)4-3-7(9(5)12)10(14)6(2)13/h3-4,6,10,14H,13H2,1-2H3/t6-,10-/m1/s1. The van der Waals surface area contributed by atoms with Crippen molar-refractivity contribution in [2.24, 2.45) is 5.73 Å². The largest absolute Gasteiger partial charge is 0.387 e. The lowest BCUT2D eigenvalue weighted by atomic mass is 10.0. The van der Waals surface area contributed by atoms with Crippen LogP contribution in [0.5, 0.6) is 0 Å². The highest BCUT2D eigenvalue weighted by Gasteiger charge is 2.17. The van der Waals surface area contributed by atoms with E-state index in [2.05, 4.69) is 0 Å². The summed E-state index contributed by atoms with van der Waals surface area (Å²) in [5.41, 5.74) is 6.98. The van der Waals surface area contributed by atoms with Crippen LogP contribution >= 0.6 is 23.2 Å². The monoisotopic (exact) mass is 233 g/mol. The summed E-state index contributed by atoms with van der Waals surface area (Å²) in [5, 5.41) is 10.8. The summed E-state index contributed by atoms with van der Waals surface area (Å²) in [5.74, 6) is 0. The molecule has 0 amide bonds. The molecule has 0 radical (unpaired) electrons. The molecule has 4 heteroatoms. The van der Waals surface area contributed by atoms with E-state index in [1.165, 1.54) is 0 Å². The number of hydrogen-bond acceptors (Lipinski definition) is 2. The van der Waals surface area contributed by atoms with Crippen LogP contribution in [0.1, 0.15) is 24.2 Å². The van der Waals surface area contributed by atoms with Crippen LogP contribution in [-0.2, 0) is 0 Å².